The van der Waals surface area contributed by atoms with Gasteiger partial charge in [-0.3, -0.25) is 9.78 Å². The SMILES string of the molecule is O=c1ccc2cc3cccnc3cc2[nH]1. The van der Waals surface area contributed by atoms with Crippen molar-refractivity contribution in [1.82, 2.24) is 9.97 Å². The van der Waals surface area contributed by atoms with E-state index in [1.54, 1.807) is 6.20 Å². The van der Waals surface area contributed by atoms with Crippen LogP contribution in [0.2, 0.25) is 0 Å². The molecule has 1 aromatic carbocycles. The van der Waals surface area contributed by atoms with Crippen LogP contribution in [0, 0.1) is 0 Å². The van der Waals surface area contributed by atoms with Gasteiger partial charge in [0.15, 0.2) is 0 Å². The van der Waals surface area contributed by atoms with Gasteiger partial charge in [0, 0.05) is 17.6 Å². The van der Waals surface area contributed by atoms with Gasteiger partial charge in [0.1, 0.15) is 0 Å². The predicted octanol–water partition coefficient (Wildman–Crippen LogP) is 2.08. The molecule has 0 unspecified atom stereocenters. The summed E-state index contributed by atoms with van der Waals surface area (Å²) < 4.78 is 0. The van der Waals surface area contributed by atoms with Crippen molar-refractivity contribution < 1.29 is 0 Å². The van der Waals surface area contributed by atoms with Gasteiger partial charge in [0.25, 0.3) is 0 Å². The Kier molecular flexibility index (Phi) is 1.59. The summed E-state index contributed by atoms with van der Waals surface area (Å²) in [5.41, 5.74) is 1.64. The monoisotopic (exact) mass is 196 g/mol. The molecule has 72 valence electrons. The van der Waals surface area contributed by atoms with Gasteiger partial charge in [-0.05, 0) is 29.7 Å². The Balaban J connectivity index is 2.53. The maximum atomic E-state index is 11.1. The van der Waals surface area contributed by atoms with E-state index in [4.69, 9.17) is 0 Å². The quantitative estimate of drug-likeness (QED) is 0.559. The zero-order valence-corrected chi connectivity index (χ0v) is 7.90. The minimum Gasteiger partial charge on any atom is -0.322 e. The van der Waals surface area contributed by atoms with Gasteiger partial charge >= 0.3 is 0 Å². The molecule has 1 N–H and O–H groups in total. The van der Waals surface area contributed by atoms with Crippen molar-refractivity contribution in [2.45, 2.75) is 0 Å². The first kappa shape index (κ1) is 8.17. The van der Waals surface area contributed by atoms with Crippen LogP contribution in [0.1, 0.15) is 0 Å². The van der Waals surface area contributed by atoms with Crippen molar-refractivity contribution in [3.63, 3.8) is 0 Å². The highest BCUT2D eigenvalue weighted by molar-refractivity contribution is 5.94. The number of fused-ring (bicyclic) bond motifs is 2. The van der Waals surface area contributed by atoms with Crippen LogP contribution < -0.4 is 5.56 Å². The number of hydrogen-bond donors (Lipinski definition) is 1. The molecule has 0 amide bonds. The summed E-state index contributed by atoms with van der Waals surface area (Å²) in [5, 5.41) is 2.10. The number of nitrogens with zero attached hydrogens (tertiary/aromatic N) is 1. The number of benzene rings is 1. The second kappa shape index (κ2) is 2.92. The van der Waals surface area contributed by atoms with Crippen LogP contribution in [-0.4, -0.2) is 9.97 Å². The highest BCUT2D eigenvalue weighted by Crippen LogP contribution is 2.18. The molecule has 0 radical (unpaired) electrons. The molecule has 0 fully saturated rings. The lowest BCUT2D eigenvalue weighted by atomic mass is 10.1. The van der Waals surface area contributed by atoms with E-state index in [9.17, 15) is 4.79 Å². The average Bonchev–Trinajstić information content (AvgIpc) is 2.26. The summed E-state index contributed by atoms with van der Waals surface area (Å²) in [4.78, 5) is 18.2. The summed E-state index contributed by atoms with van der Waals surface area (Å²) in [6.45, 7) is 0. The molecular weight excluding hydrogens is 188 g/mol. The van der Waals surface area contributed by atoms with Gasteiger partial charge in [0.05, 0.1) is 11.0 Å². The third kappa shape index (κ3) is 1.29. The molecule has 0 saturated heterocycles. The Labute approximate surface area is 85.4 Å². The van der Waals surface area contributed by atoms with Crippen LogP contribution >= 0.6 is 0 Å². The first-order chi connectivity index (χ1) is 7.33. The van der Waals surface area contributed by atoms with Gasteiger partial charge in [-0.15, -0.1) is 0 Å². The Bertz CT molecular complexity index is 700. The summed E-state index contributed by atoms with van der Waals surface area (Å²) in [7, 11) is 0. The van der Waals surface area contributed by atoms with Crippen LogP contribution in [0.5, 0.6) is 0 Å². The molecule has 0 saturated carbocycles. The molecule has 3 heteroatoms. The number of rotatable bonds is 0. The highest BCUT2D eigenvalue weighted by atomic mass is 16.1. The minimum absolute atomic E-state index is 0.0854. The molecule has 3 rings (SSSR count). The molecule has 3 aromatic rings. The third-order valence-corrected chi connectivity index (χ3v) is 2.45. The lowest BCUT2D eigenvalue weighted by Crippen LogP contribution is -2.02. The van der Waals surface area contributed by atoms with Crippen molar-refractivity contribution in [2.75, 3.05) is 0 Å². The Morgan fingerprint density at radius 3 is 2.93 bits per heavy atom. The van der Waals surface area contributed by atoms with Gasteiger partial charge in [0.2, 0.25) is 5.56 Å². The van der Waals surface area contributed by atoms with Crippen LogP contribution in [-0.2, 0) is 0 Å². The van der Waals surface area contributed by atoms with E-state index in [1.807, 2.05) is 30.3 Å². The summed E-state index contributed by atoms with van der Waals surface area (Å²) in [6.07, 6.45) is 1.75. The highest BCUT2D eigenvalue weighted by Gasteiger charge is 1.98. The zero-order chi connectivity index (χ0) is 10.3. The van der Waals surface area contributed by atoms with E-state index in [1.165, 1.54) is 6.07 Å². The minimum atomic E-state index is -0.0854. The molecule has 2 aromatic heterocycles. The molecule has 0 aliphatic heterocycles. The maximum Gasteiger partial charge on any atom is 0.248 e. The zero-order valence-electron chi connectivity index (χ0n) is 7.90. The van der Waals surface area contributed by atoms with Crippen molar-refractivity contribution in [2.24, 2.45) is 0 Å². The lowest BCUT2D eigenvalue weighted by Gasteiger charge is -2.00. The second-order valence-corrected chi connectivity index (χ2v) is 3.46. The first-order valence-corrected chi connectivity index (χ1v) is 4.71. The van der Waals surface area contributed by atoms with E-state index in [-0.39, 0.29) is 5.56 Å². The van der Waals surface area contributed by atoms with E-state index in [0.717, 1.165) is 21.8 Å². The fourth-order valence-corrected chi connectivity index (χ4v) is 1.72. The maximum absolute atomic E-state index is 11.1. The van der Waals surface area contributed by atoms with Crippen LogP contribution in [0.4, 0.5) is 0 Å². The topological polar surface area (TPSA) is 45.8 Å². The number of H-pyrrole nitrogens is 1. The van der Waals surface area contributed by atoms with E-state index in [2.05, 4.69) is 9.97 Å². The number of hydrogen-bond acceptors (Lipinski definition) is 2. The second-order valence-electron chi connectivity index (χ2n) is 3.46. The predicted molar refractivity (Wildman–Crippen MR) is 59.9 cm³/mol. The Morgan fingerprint density at radius 2 is 2.00 bits per heavy atom. The molecule has 0 aliphatic rings. The van der Waals surface area contributed by atoms with Crippen molar-refractivity contribution in [3.05, 3.63) is 52.9 Å². The molecule has 0 spiro atoms. The summed E-state index contributed by atoms with van der Waals surface area (Å²) >= 11 is 0. The Morgan fingerprint density at radius 1 is 1.07 bits per heavy atom. The number of aromatic amines is 1. The first-order valence-electron chi connectivity index (χ1n) is 4.71. The molecular formula is C12H8N2O. The van der Waals surface area contributed by atoms with Crippen LogP contribution in [0.3, 0.4) is 0 Å². The summed E-state index contributed by atoms with van der Waals surface area (Å²) in [6, 6.07) is 11.2. The molecule has 0 atom stereocenters. The normalized spacial score (nSPS) is 10.9. The van der Waals surface area contributed by atoms with Gasteiger partial charge in [-0.1, -0.05) is 6.07 Å². The smallest absolute Gasteiger partial charge is 0.248 e. The van der Waals surface area contributed by atoms with E-state index >= 15 is 0 Å². The largest absolute Gasteiger partial charge is 0.322 e. The standard InChI is InChI=1S/C12H8N2O/c15-12-4-3-9-6-8-2-1-5-13-10(8)7-11(9)14-12/h1-7H,(H,14,15). The fraction of sp³-hybridized carbons (Fsp3) is 0. The Hall–Kier alpha value is -2.16. The van der Waals surface area contributed by atoms with Crippen molar-refractivity contribution in [1.29, 1.82) is 0 Å². The van der Waals surface area contributed by atoms with Crippen molar-refractivity contribution in [3.8, 4) is 0 Å². The number of pyridine rings is 2. The fourth-order valence-electron chi connectivity index (χ4n) is 1.72. The molecule has 0 bridgehead atoms. The van der Waals surface area contributed by atoms with E-state index in [0.29, 0.717) is 0 Å². The third-order valence-electron chi connectivity index (χ3n) is 2.45. The average molecular weight is 196 g/mol. The summed E-state index contributed by atoms with van der Waals surface area (Å²) in [5.74, 6) is 0. The molecule has 0 aliphatic carbocycles. The lowest BCUT2D eigenvalue weighted by molar-refractivity contribution is 1.31. The van der Waals surface area contributed by atoms with Gasteiger partial charge < -0.3 is 4.98 Å². The van der Waals surface area contributed by atoms with Gasteiger partial charge in [-0.2, -0.15) is 0 Å². The van der Waals surface area contributed by atoms with Crippen molar-refractivity contribution >= 4 is 21.8 Å². The van der Waals surface area contributed by atoms with Crippen LogP contribution in [0.25, 0.3) is 21.8 Å². The number of aromatic nitrogens is 2. The van der Waals surface area contributed by atoms with E-state index < -0.39 is 0 Å². The molecule has 15 heavy (non-hydrogen) atoms. The molecule has 2 heterocycles. The van der Waals surface area contributed by atoms with Gasteiger partial charge in [-0.25, -0.2) is 0 Å². The molecule has 3 nitrogen and oxygen atoms in total. The van der Waals surface area contributed by atoms with Crippen LogP contribution in [0.15, 0.2) is 47.4 Å². The number of nitrogens with one attached hydrogen (secondary N) is 1.